The largest absolute Gasteiger partial charge is 0.481 e. The third-order valence-corrected chi connectivity index (χ3v) is 2.36. The fourth-order valence-electron chi connectivity index (χ4n) is 1.46. The van der Waals surface area contributed by atoms with E-state index < -0.39 is 5.97 Å². The monoisotopic (exact) mass is 236 g/mol. The molecule has 1 aromatic carbocycles. The molecule has 5 heteroatoms. The molecular formula is C12H16N2O3. The Hall–Kier alpha value is -2.04. The van der Waals surface area contributed by atoms with E-state index in [4.69, 9.17) is 10.8 Å². The molecule has 92 valence electrons. The first kappa shape index (κ1) is 13.0. The lowest BCUT2D eigenvalue weighted by molar-refractivity contribution is -0.137. The number of carbonyl (C=O) groups excluding carboxylic acids is 1. The van der Waals surface area contributed by atoms with Gasteiger partial charge in [-0.1, -0.05) is 6.07 Å². The summed E-state index contributed by atoms with van der Waals surface area (Å²) in [5.41, 5.74) is 6.64. The smallest absolute Gasteiger partial charge is 0.303 e. The summed E-state index contributed by atoms with van der Waals surface area (Å²) in [6.45, 7) is 0.417. The Morgan fingerprint density at radius 1 is 1.41 bits per heavy atom. The molecule has 0 heterocycles. The molecule has 1 aromatic rings. The maximum atomic E-state index is 11.9. The van der Waals surface area contributed by atoms with Crippen LogP contribution >= 0.6 is 0 Å². The average Bonchev–Trinajstić information content (AvgIpc) is 2.27. The molecule has 0 aliphatic heterocycles. The molecule has 5 nitrogen and oxygen atoms in total. The quantitative estimate of drug-likeness (QED) is 0.752. The van der Waals surface area contributed by atoms with Crippen LogP contribution in [-0.2, 0) is 4.79 Å². The highest BCUT2D eigenvalue weighted by molar-refractivity contribution is 5.94. The van der Waals surface area contributed by atoms with Crippen molar-refractivity contribution in [1.82, 2.24) is 4.90 Å². The van der Waals surface area contributed by atoms with Gasteiger partial charge in [-0.15, -0.1) is 0 Å². The van der Waals surface area contributed by atoms with Gasteiger partial charge in [0.15, 0.2) is 0 Å². The molecule has 0 atom stereocenters. The molecule has 1 amide bonds. The summed E-state index contributed by atoms with van der Waals surface area (Å²) in [6.07, 6.45) is 0.508. The molecule has 17 heavy (non-hydrogen) atoms. The standard InChI is InChI=1S/C12H16N2O3/c1-14(7-3-6-11(15)16)12(17)9-4-2-5-10(13)8-9/h2,4-5,8H,3,6-7,13H2,1H3,(H,15,16). The van der Waals surface area contributed by atoms with Gasteiger partial charge in [-0.25, -0.2) is 0 Å². The van der Waals surface area contributed by atoms with Crippen LogP contribution in [0.1, 0.15) is 23.2 Å². The zero-order chi connectivity index (χ0) is 12.8. The first-order valence-corrected chi connectivity index (χ1v) is 5.33. The summed E-state index contributed by atoms with van der Waals surface area (Å²) in [5, 5.41) is 8.50. The van der Waals surface area contributed by atoms with Crippen LogP contribution < -0.4 is 5.73 Å². The third-order valence-electron chi connectivity index (χ3n) is 2.36. The molecule has 0 aliphatic carbocycles. The first-order chi connectivity index (χ1) is 8.00. The van der Waals surface area contributed by atoms with Crippen LogP contribution in [0, 0.1) is 0 Å². The van der Waals surface area contributed by atoms with E-state index in [1.54, 1.807) is 31.3 Å². The van der Waals surface area contributed by atoms with Gasteiger partial charge in [0.2, 0.25) is 0 Å². The minimum Gasteiger partial charge on any atom is -0.481 e. The van der Waals surface area contributed by atoms with Crippen molar-refractivity contribution in [3.8, 4) is 0 Å². The number of benzene rings is 1. The normalized spacial score (nSPS) is 9.94. The van der Waals surface area contributed by atoms with E-state index in [9.17, 15) is 9.59 Å². The van der Waals surface area contributed by atoms with Crippen LogP contribution in [0.4, 0.5) is 5.69 Å². The van der Waals surface area contributed by atoms with Gasteiger partial charge in [-0.3, -0.25) is 9.59 Å². The van der Waals surface area contributed by atoms with Crippen LogP contribution in [-0.4, -0.2) is 35.5 Å². The Morgan fingerprint density at radius 2 is 2.12 bits per heavy atom. The maximum Gasteiger partial charge on any atom is 0.303 e. The minimum atomic E-state index is -0.852. The number of carboxylic acid groups (broad SMARTS) is 1. The molecular weight excluding hydrogens is 220 g/mol. The second kappa shape index (κ2) is 5.89. The number of anilines is 1. The van der Waals surface area contributed by atoms with E-state index in [2.05, 4.69) is 0 Å². The number of hydrogen-bond acceptors (Lipinski definition) is 3. The highest BCUT2D eigenvalue weighted by atomic mass is 16.4. The Balaban J connectivity index is 2.54. The lowest BCUT2D eigenvalue weighted by atomic mass is 10.1. The molecule has 0 unspecified atom stereocenters. The van der Waals surface area contributed by atoms with Crippen molar-refractivity contribution < 1.29 is 14.7 Å². The Labute approximate surface area is 99.8 Å². The van der Waals surface area contributed by atoms with E-state index in [1.165, 1.54) is 4.90 Å². The van der Waals surface area contributed by atoms with Crippen LogP contribution in [0.25, 0.3) is 0 Å². The zero-order valence-electron chi connectivity index (χ0n) is 9.72. The van der Waals surface area contributed by atoms with Crippen molar-refractivity contribution >= 4 is 17.6 Å². The summed E-state index contributed by atoms with van der Waals surface area (Å²) < 4.78 is 0. The lowest BCUT2D eigenvalue weighted by Gasteiger charge is -2.16. The second-order valence-corrected chi connectivity index (χ2v) is 3.85. The number of rotatable bonds is 5. The first-order valence-electron chi connectivity index (χ1n) is 5.33. The summed E-state index contributed by atoms with van der Waals surface area (Å²) in [7, 11) is 1.65. The lowest BCUT2D eigenvalue weighted by Crippen LogP contribution is -2.28. The van der Waals surface area contributed by atoms with Crippen molar-refractivity contribution in [2.24, 2.45) is 0 Å². The molecule has 0 saturated carbocycles. The van der Waals surface area contributed by atoms with E-state index in [1.807, 2.05) is 0 Å². The van der Waals surface area contributed by atoms with Gasteiger partial charge >= 0.3 is 5.97 Å². The predicted octanol–water partition coefficient (Wildman–Crippen LogP) is 1.21. The summed E-state index contributed by atoms with van der Waals surface area (Å²) >= 11 is 0. The fourth-order valence-corrected chi connectivity index (χ4v) is 1.46. The molecule has 0 spiro atoms. The van der Waals surface area contributed by atoms with E-state index in [0.29, 0.717) is 24.2 Å². The predicted molar refractivity (Wildman–Crippen MR) is 64.7 cm³/mol. The van der Waals surface area contributed by atoms with Crippen molar-refractivity contribution in [3.63, 3.8) is 0 Å². The molecule has 0 radical (unpaired) electrons. The third kappa shape index (κ3) is 4.14. The SMILES string of the molecule is CN(CCCC(=O)O)C(=O)c1cccc(N)c1. The number of hydrogen-bond donors (Lipinski definition) is 2. The van der Waals surface area contributed by atoms with Gasteiger partial charge < -0.3 is 15.7 Å². The van der Waals surface area contributed by atoms with Crippen LogP contribution in [0.15, 0.2) is 24.3 Å². The van der Waals surface area contributed by atoms with Gasteiger partial charge in [-0.05, 0) is 24.6 Å². The highest BCUT2D eigenvalue weighted by Gasteiger charge is 2.11. The molecule has 0 fully saturated rings. The summed E-state index contributed by atoms with van der Waals surface area (Å²) in [4.78, 5) is 23.7. The average molecular weight is 236 g/mol. The van der Waals surface area contributed by atoms with Gasteiger partial charge in [0.1, 0.15) is 0 Å². The van der Waals surface area contributed by atoms with Gasteiger partial charge in [0.25, 0.3) is 5.91 Å². The highest BCUT2D eigenvalue weighted by Crippen LogP contribution is 2.09. The number of amides is 1. The number of nitrogen functional groups attached to an aromatic ring is 1. The van der Waals surface area contributed by atoms with Crippen LogP contribution in [0.5, 0.6) is 0 Å². The molecule has 3 N–H and O–H groups in total. The second-order valence-electron chi connectivity index (χ2n) is 3.85. The number of carboxylic acids is 1. The molecule has 0 aliphatic rings. The molecule has 0 saturated heterocycles. The number of aliphatic carboxylic acids is 1. The minimum absolute atomic E-state index is 0.0640. The molecule has 0 aromatic heterocycles. The zero-order valence-corrected chi connectivity index (χ0v) is 9.72. The summed E-state index contributed by atoms with van der Waals surface area (Å²) in [6, 6.07) is 6.72. The maximum absolute atomic E-state index is 11.9. The summed E-state index contributed by atoms with van der Waals surface area (Å²) in [5.74, 6) is -1.00. The Kier molecular flexibility index (Phi) is 4.51. The van der Waals surface area contributed by atoms with E-state index >= 15 is 0 Å². The van der Waals surface area contributed by atoms with Crippen molar-refractivity contribution in [1.29, 1.82) is 0 Å². The number of nitrogens with zero attached hydrogens (tertiary/aromatic N) is 1. The van der Waals surface area contributed by atoms with Crippen LogP contribution in [0.2, 0.25) is 0 Å². The Bertz CT molecular complexity index is 418. The van der Waals surface area contributed by atoms with Crippen LogP contribution in [0.3, 0.4) is 0 Å². The number of nitrogens with two attached hydrogens (primary N) is 1. The van der Waals surface area contributed by atoms with E-state index in [0.717, 1.165) is 0 Å². The van der Waals surface area contributed by atoms with Gasteiger partial charge in [-0.2, -0.15) is 0 Å². The molecule has 1 rings (SSSR count). The van der Waals surface area contributed by atoms with Gasteiger partial charge in [0, 0.05) is 31.3 Å². The number of carbonyl (C=O) groups is 2. The van der Waals surface area contributed by atoms with Crippen molar-refractivity contribution in [3.05, 3.63) is 29.8 Å². The Morgan fingerprint density at radius 3 is 2.71 bits per heavy atom. The van der Waals surface area contributed by atoms with E-state index in [-0.39, 0.29) is 12.3 Å². The fraction of sp³-hybridized carbons (Fsp3) is 0.333. The molecule has 0 bridgehead atoms. The topological polar surface area (TPSA) is 83.6 Å². The van der Waals surface area contributed by atoms with Crippen molar-refractivity contribution in [2.75, 3.05) is 19.3 Å². The van der Waals surface area contributed by atoms with Crippen molar-refractivity contribution in [2.45, 2.75) is 12.8 Å². The van der Waals surface area contributed by atoms with Gasteiger partial charge in [0.05, 0.1) is 0 Å².